The highest BCUT2D eigenvalue weighted by Gasteiger charge is 2.59. The van der Waals surface area contributed by atoms with Gasteiger partial charge in [0, 0.05) is 0 Å². The maximum atomic E-state index is 12.9. The third kappa shape index (κ3) is 2.50. The van der Waals surface area contributed by atoms with Gasteiger partial charge in [-0.3, -0.25) is 9.59 Å². The summed E-state index contributed by atoms with van der Waals surface area (Å²) < 4.78 is 5.41. The average Bonchev–Trinajstić information content (AvgIpc) is 3.37. The number of hydrogen-bond donors (Lipinski definition) is 0. The van der Waals surface area contributed by atoms with Gasteiger partial charge in [0.15, 0.2) is 0 Å². The predicted molar refractivity (Wildman–Crippen MR) is 103 cm³/mol. The zero-order valence-electron chi connectivity index (χ0n) is 15.4. The molecule has 3 aliphatic rings. The van der Waals surface area contributed by atoms with Gasteiger partial charge >= 0.3 is 5.97 Å². The van der Waals surface area contributed by atoms with Crippen LogP contribution in [-0.4, -0.2) is 17.8 Å². The van der Waals surface area contributed by atoms with E-state index < -0.39 is 5.97 Å². The Labute approximate surface area is 162 Å². The summed E-state index contributed by atoms with van der Waals surface area (Å²) in [4.78, 5) is 39.7. The zero-order chi connectivity index (χ0) is 19.4. The molecule has 2 aromatic rings. The van der Waals surface area contributed by atoms with Crippen LogP contribution in [0.1, 0.15) is 22.3 Å². The Kier molecular flexibility index (Phi) is 3.72. The molecule has 5 nitrogen and oxygen atoms in total. The monoisotopic (exact) mass is 373 g/mol. The van der Waals surface area contributed by atoms with Crippen LogP contribution in [0.5, 0.6) is 5.75 Å². The minimum atomic E-state index is -0.522. The van der Waals surface area contributed by atoms with Crippen molar-refractivity contribution in [1.82, 2.24) is 0 Å². The van der Waals surface area contributed by atoms with Crippen LogP contribution in [0.4, 0.5) is 5.69 Å². The molecule has 1 heterocycles. The number of aryl methyl sites for hydroxylation is 1. The lowest BCUT2D eigenvalue weighted by molar-refractivity contribution is -0.123. The van der Waals surface area contributed by atoms with E-state index in [9.17, 15) is 14.4 Å². The van der Waals surface area contributed by atoms with Crippen molar-refractivity contribution in [1.29, 1.82) is 0 Å². The fraction of sp³-hybridized carbons (Fsp3) is 0.261. The molecular weight excluding hydrogens is 354 g/mol. The molecule has 2 fully saturated rings. The van der Waals surface area contributed by atoms with E-state index >= 15 is 0 Å². The number of imide groups is 1. The molecule has 1 saturated carbocycles. The smallest absolute Gasteiger partial charge is 0.343 e. The highest BCUT2D eigenvalue weighted by molar-refractivity contribution is 6.23. The molecule has 0 aromatic heterocycles. The summed E-state index contributed by atoms with van der Waals surface area (Å²) in [6.07, 6.45) is 5.02. The number of rotatable bonds is 3. The molecule has 1 aliphatic heterocycles. The number of hydrogen-bond acceptors (Lipinski definition) is 4. The molecule has 140 valence electrons. The van der Waals surface area contributed by atoms with Crippen molar-refractivity contribution < 1.29 is 19.1 Å². The molecule has 1 saturated heterocycles. The second-order valence-electron chi connectivity index (χ2n) is 7.76. The standard InChI is InChI=1S/C23H19NO4/c1-13-5-9-18(10-6-13)28-23(27)16-3-2-4-17(12-16)24-21(25)19-14-7-8-15(11-14)20(19)22(24)26/h2-10,12,14-15,19-20H,11H2,1H3/t14-,15-,19-,20-/m0/s1. The number of fused-ring (bicyclic) bond motifs is 5. The van der Waals surface area contributed by atoms with E-state index in [0.29, 0.717) is 17.0 Å². The van der Waals surface area contributed by atoms with Crippen molar-refractivity contribution in [2.24, 2.45) is 23.7 Å². The van der Waals surface area contributed by atoms with Crippen molar-refractivity contribution in [2.45, 2.75) is 13.3 Å². The summed E-state index contributed by atoms with van der Waals surface area (Å²) in [5, 5.41) is 0. The minimum Gasteiger partial charge on any atom is -0.423 e. The van der Waals surface area contributed by atoms with E-state index in [2.05, 4.69) is 12.2 Å². The average molecular weight is 373 g/mol. The number of esters is 1. The van der Waals surface area contributed by atoms with Crippen LogP contribution < -0.4 is 9.64 Å². The normalized spacial score (nSPS) is 27.4. The number of anilines is 1. The predicted octanol–water partition coefficient (Wildman–Crippen LogP) is 3.53. The molecule has 5 heteroatoms. The first-order valence-electron chi connectivity index (χ1n) is 9.48. The first-order chi connectivity index (χ1) is 13.5. The minimum absolute atomic E-state index is 0.157. The van der Waals surface area contributed by atoms with Crippen molar-refractivity contribution >= 4 is 23.5 Å². The molecule has 2 aliphatic carbocycles. The highest BCUT2D eigenvalue weighted by atomic mass is 16.5. The molecule has 5 rings (SSSR count). The van der Waals surface area contributed by atoms with Crippen molar-refractivity contribution in [3.8, 4) is 5.75 Å². The first kappa shape index (κ1) is 16.9. The Balaban J connectivity index is 1.40. The van der Waals surface area contributed by atoms with Gasteiger partial charge in [-0.25, -0.2) is 9.69 Å². The largest absolute Gasteiger partial charge is 0.423 e. The van der Waals surface area contributed by atoms with Crippen LogP contribution in [0, 0.1) is 30.6 Å². The summed E-state index contributed by atoms with van der Waals surface area (Å²) in [6.45, 7) is 1.95. The van der Waals surface area contributed by atoms with Gasteiger partial charge in [0.1, 0.15) is 5.75 Å². The topological polar surface area (TPSA) is 63.7 Å². The summed E-state index contributed by atoms with van der Waals surface area (Å²) in [5.74, 6) is -0.585. The first-order valence-corrected chi connectivity index (χ1v) is 9.48. The quantitative estimate of drug-likeness (QED) is 0.357. The fourth-order valence-corrected chi connectivity index (χ4v) is 4.70. The Morgan fingerprint density at radius 1 is 0.964 bits per heavy atom. The Morgan fingerprint density at radius 3 is 2.25 bits per heavy atom. The SMILES string of the molecule is Cc1ccc(OC(=O)c2cccc(N3C(=O)[C@@H]4[C@@H](C3=O)[C@H]3C=C[C@H]4C3)c2)cc1. The summed E-state index contributed by atoms with van der Waals surface area (Å²) in [6, 6.07) is 13.7. The zero-order valence-corrected chi connectivity index (χ0v) is 15.4. The van der Waals surface area contributed by atoms with Crippen LogP contribution in [0.25, 0.3) is 0 Å². The van der Waals surface area contributed by atoms with Crippen molar-refractivity contribution in [2.75, 3.05) is 4.90 Å². The van der Waals surface area contributed by atoms with Crippen molar-refractivity contribution in [3.05, 3.63) is 71.8 Å². The van der Waals surface area contributed by atoms with Gasteiger partial charge in [0.05, 0.1) is 23.1 Å². The van der Waals surface area contributed by atoms with Gasteiger partial charge in [-0.05, 0) is 55.5 Å². The lowest BCUT2D eigenvalue weighted by Crippen LogP contribution is -2.33. The number of nitrogens with zero attached hydrogens (tertiary/aromatic N) is 1. The third-order valence-corrected chi connectivity index (χ3v) is 6.04. The van der Waals surface area contributed by atoms with Crippen LogP contribution in [0.15, 0.2) is 60.7 Å². The molecule has 28 heavy (non-hydrogen) atoms. The van der Waals surface area contributed by atoms with E-state index in [1.54, 1.807) is 36.4 Å². The van der Waals surface area contributed by atoms with Crippen LogP contribution in [0.2, 0.25) is 0 Å². The summed E-state index contributed by atoms with van der Waals surface area (Å²) in [5.41, 5.74) is 1.81. The molecule has 0 N–H and O–H groups in total. The molecule has 2 amide bonds. The van der Waals surface area contributed by atoms with E-state index in [1.165, 1.54) is 4.90 Å². The van der Waals surface area contributed by atoms with Gasteiger partial charge in [-0.1, -0.05) is 35.9 Å². The number of carbonyl (C=O) groups is 3. The molecule has 0 spiro atoms. The Bertz CT molecular complexity index is 993. The number of carbonyl (C=O) groups excluding carboxylic acids is 3. The second-order valence-corrected chi connectivity index (χ2v) is 7.76. The van der Waals surface area contributed by atoms with Gasteiger partial charge in [-0.2, -0.15) is 0 Å². The summed E-state index contributed by atoms with van der Waals surface area (Å²) in [7, 11) is 0. The molecule has 0 unspecified atom stereocenters. The summed E-state index contributed by atoms with van der Waals surface area (Å²) >= 11 is 0. The Hall–Kier alpha value is -3.21. The lowest BCUT2D eigenvalue weighted by atomic mass is 9.85. The highest BCUT2D eigenvalue weighted by Crippen LogP contribution is 2.53. The number of allylic oxidation sites excluding steroid dienone is 2. The molecule has 2 aromatic carbocycles. The number of ether oxygens (including phenoxy) is 1. The van der Waals surface area contributed by atoms with Crippen LogP contribution in [0.3, 0.4) is 0 Å². The van der Waals surface area contributed by atoms with Crippen molar-refractivity contribution in [3.63, 3.8) is 0 Å². The van der Waals surface area contributed by atoms with Gasteiger partial charge in [0.25, 0.3) is 0 Å². The fourth-order valence-electron chi connectivity index (χ4n) is 4.70. The van der Waals surface area contributed by atoms with E-state index in [1.807, 2.05) is 19.1 Å². The van der Waals surface area contributed by atoms with E-state index in [4.69, 9.17) is 4.74 Å². The van der Waals surface area contributed by atoms with Crippen LogP contribution >= 0.6 is 0 Å². The third-order valence-electron chi connectivity index (χ3n) is 6.04. The van der Waals surface area contributed by atoms with E-state index in [0.717, 1.165) is 12.0 Å². The molecule has 4 atom stereocenters. The lowest BCUT2D eigenvalue weighted by Gasteiger charge is -2.18. The Morgan fingerprint density at radius 2 is 1.61 bits per heavy atom. The van der Waals surface area contributed by atoms with E-state index in [-0.39, 0.29) is 35.5 Å². The molecule has 2 bridgehead atoms. The van der Waals surface area contributed by atoms with Gasteiger partial charge < -0.3 is 4.74 Å². The maximum absolute atomic E-state index is 12.9. The second kappa shape index (κ2) is 6.16. The number of benzene rings is 2. The van der Waals surface area contributed by atoms with Gasteiger partial charge in [0.2, 0.25) is 11.8 Å². The molecular formula is C23H19NO4. The van der Waals surface area contributed by atoms with Crippen LogP contribution in [-0.2, 0) is 9.59 Å². The maximum Gasteiger partial charge on any atom is 0.343 e. The molecule has 0 radical (unpaired) electrons. The number of amides is 2. The van der Waals surface area contributed by atoms with Gasteiger partial charge in [-0.15, -0.1) is 0 Å².